The average Bonchev–Trinajstić information content (AvgIpc) is 2.13. The first kappa shape index (κ1) is 14.4. The van der Waals surface area contributed by atoms with Gasteiger partial charge in [-0.2, -0.15) is 0 Å². The highest BCUT2D eigenvalue weighted by atomic mass is 16.6. The molecule has 2 unspecified atom stereocenters. The Hall–Kier alpha value is -0.640. The van der Waals surface area contributed by atoms with Gasteiger partial charge >= 0.3 is 0 Å². The minimum Gasteiger partial charge on any atom is -0.377 e. The predicted molar refractivity (Wildman–Crippen MR) is 61.6 cm³/mol. The molecule has 0 bridgehead atoms. The van der Waals surface area contributed by atoms with Crippen LogP contribution in [0, 0.1) is 5.92 Å². The lowest BCUT2D eigenvalue weighted by molar-refractivity contribution is -0.136. The highest BCUT2D eigenvalue weighted by Gasteiger charge is 2.14. The molecule has 0 aliphatic heterocycles. The van der Waals surface area contributed by atoms with Crippen LogP contribution in [-0.2, 0) is 9.47 Å². The van der Waals surface area contributed by atoms with Crippen LogP contribution in [0.25, 0.3) is 0 Å². The van der Waals surface area contributed by atoms with E-state index in [-0.39, 0.29) is 5.92 Å². The summed E-state index contributed by atoms with van der Waals surface area (Å²) in [4.78, 5) is 0. The number of hydrogen-bond donors (Lipinski definition) is 1. The molecular formula is C12H22O3. The number of ether oxygens (including phenoxy) is 2. The van der Waals surface area contributed by atoms with Crippen molar-refractivity contribution in [3.8, 4) is 0 Å². The fourth-order valence-electron chi connectivity index (χ4n) is 0.893. The lowest BCUT2D eigenvalue weighted by Gasteiger charge is -2.19. The van der Waals surface area contributed by atoms with Crippen molar-refractivity contribution in [2.24, 2.45) is 5.92 Å². The van der Waals surface area contributed by atoms with Crippen LogP contribution in [0.4, 0.5) is 0 Å². The summed E-state index contributed by atoms with van der Waals surface area (Å²) in [7, 11) is 0. The van der Waals surface area contributed by atoms with E-state index in [4.69, 9.17) is 9.47 Å². The Balaban J connectivity index is 3.63. The van der Waals surface area contributed by atoms with Crippen LogP contribution >= 0.6 is 0 Å². The molecular weight excluding hydrogens is 192 g/mol. The van der Waals surface area contributed by atoms with Crippen molar-refractivity contribution in [1.82, 2.24) is 0 Å². The Morgan fingerprint density at radius 2 is 1.73 bits per heavy atom. The van der Waals surface area contributed by atoms with E-state index in [0.29, 0.717) is 19.8 Å². The molecule has 0 aromatic carbocycles. The fourth-order valence-corrected chi connectivity index (χ4v) is 0.893. The molecule has 0 aromatic heterocycles. The molecule has 0 rings (SSSR count). The lowest BCUT2D eigenvalue weighted by atomic mass is 10.2. The van der Waals surface area contributed by atoms with Crippen LogP contribution in [0.1, 0.15) is 20.8 Å². The van der Waals surface area contributed by atoms with Crippen molar-refractivity contribution in [3.05, 3.63) is 24.3 Å². The van der Waals surface area contributed by atoms with E-state index in [9.17, 15) is 5.11 Å². The summed E-state index contributed by atoms with van der Waals surface area (Å²) in [5.41, 5.74) is 1.86. The molecule has 0 aliphatic rings. The summed E-state index contributed by atoms with van der Waals surface area (Å²) < 4.78 is 10.5. The van der Waals surface area contributed by atoms with Gasteiger partial charge in [0, 0.05) is 5.92 Å². The summed E-state index contributed by atoms with van der Waals surface area (Å²) in [6.45, 7) is 14.4. The van der Waals surface area contributed by atoms with Gasteiger partial charge in [0.1, 0.15) is 0 Å². The van der Waals surface area contributed by atoms with Crippen LogP contribution in [0.15, 0.2) is 24.3 Å². The Kier molecular flexibility index (Phi) is 7.30. The van der Waals surface area contributed by atoms with Gasteiger partial charge < -0.3 is 14.6 Å². The zero-order valence-electron chi connectivity index (χ0n) is 9.95. The Morgan fingerprint density at radius 3 is 2.20 bits per heavy atom. The molecule has 0 amide bonds. The SMILES string of the molecule is C=C(C)COCC(C)C(O)OCC(=C)C. The van der Waals surface area contributed by atoms with Gasteiger partial charge in [0.15, 0.2) is 6.29 Å². The van der Waals surface area contributed by atoms with E-state index in [0.717, 1.165) is 11.1 Å². The molecule has 0 aromatic rings. The molecule has 88 valence electrons. The topological polar surface area (TPSA) is 38.7 Å². The highest BCUT2D eigenvalue weighted by Crippen LogP contribution is 2.07. The zero-order valence-corrected chi connectivity index (χ0v) is 9.95. The zero-order chi connectivity index (χ0) is 11.8. The van der Waals surface area contributed by atoms with Gasteiger partial charge in [-0.3, -0.25) is 0 Å². The molecule has 3 heteroatoms. The Morgan fingerprint density at radius 1 is 1.20 bits per heavy atom. The normalized spacial score (nSPS) is 14.7. The maximum Gasteiger partial charge on any atom is 0.159 e. The summed E-state index contributed by atoms with van der Waals surface area (Å²) in [5.74, 6) is -0.0521. The van der Waals surface area contributed by atoms with Crippen molar-refractivity contribution < 1.29 is 14.6 Å². The molecule has 0 spiro atoms. The molecule has 0 fully saturated rings. The van der Waals surface area contributed by atoms with E-state index in [1.807, 2.05) is 20.8 Å². The van der Waals surface area contributed by atoms with Crippen molar-refractivity contribution in [1.29, 1.82) is 0 Å². The predicted octanol–water partition coefficient (Wildman–Crippen LogP) is 2.13. The maximum atomic E-state index is 9.57. The lowest BCUT2D eigenvalue weighted by Crippen LogP contribution is -2.26. The number of hydrogen-bond acceptors (Lipinski definition) is 3. The van der Waals surface area contributed by atoms with Crippen molar-refractivity contribution in [3.63, 3.8) is 0 Å². The average molecular weight is 214 g/mol. The molecule has 0 saturated heterocycles. The van der Waals surface area contributed by atoms with E-state index >= 15 is 0 Å². The van der Waals surface area contributed by atoms with Gasteiger partial charge in [-0.15, -0.1) is 0 Å². The van der Waals surface area contributed by atoms with Crippen molar-refractivity contribution in [2.45, 2.75) is 27.1 Å². The third kappa shape index (κ3) is 8.36. The van der Waals surface area contributed by atoms with Crippen LogP contribution < -0.4 is 0 Å². The van der Waals surface area contributed by atoms with Gasteiger partial charge in [0.25, 0.3) is 0 Å². The highest BCUT2D eigenvalue weighted by molar-refractivity contribution is 4.88. The Labute approximate surface area is 92.4 Å². The summed E-state index contributed by atoms with van der Waals surface area (Å²) in [6, 6.07) is 0. The van der Waals surface area contributed by atoms with Gasteiger partial charge in [-0.25, -0.2) is 0 Å². The minimum absolute atomic E-state index is 0.0521. The fraction of sp³-hybridized carbons (Fsp3) is 0.667. The smallest absolute Gasteiger partial charge is 0.159 e. The Bertz CT molecular complexity index is 211. The first-order valence-electron chi connectivity index (χ1n) is 5.09. The second kappa shape index (κ2) is 7.63. The molecule has 0 radical (unpaired) electrons. The third-order valence-electron chi connectivity index (χ3n) is 1.72. The van der Waals surface area contributed by atoms with Crippen LogP contribution in [-0.4, -0.2) is 31.2 Å². The second-order valence-electron chi connectivity index (χ2n) is 4.11. The number of aliphatic hydroxyl groups is 1. The summed E-state index contributed by atoms with van der Waals surface area (Å²) in [6.07, 6.45) is -0.799. The van der Waals surface area contributed by atoms with Crippen LogP contribution in [0.3, 0.4) is 0 Å². The molecule has 1 N–H and O–H groups in total. The minimum atomic E-state index is -0.799. The molecule has 0 aliphatic carbocycles. The molecule has 2 atom stereocenters. The van der Waals surface area contributed by atoms with E-state index in [2.05, 4.69) is 13.2 Å². The van der Waals surface area contributed by atoms with Gasteiger partial charge in [-0.05, 0) is 13.8 Å². The third-order valence-corrected chi connectivity index (χ3v) is 1.72. The second-order valence-corrected chi connectivity index (χ2v) is 4.11. The van der Waals surface area contributed by atoms with E-state index < -0.39 is 6.29 Å². The first-order chi connectivity index (χ1) is 6.93. The van der Waals surface area contributed by atoms with E-state index in [1.165, 1.54) is 0 Å². The summed E-state index contributed by atoms with van der Waals surface area (Å²) >= 11 is 0. The molecule has 3 nitrogen and oxygen atoms in total. The van der Waals surface area contributed by atoms with Crippen LogP contribution in [0.5, 0.6) is 0 Å². The number of rotatable bonds is 8. The first-order valence-corrected chi connectivity index (χ1v) is 5.09. The van der Waals surface area contributed by atoms with Gasteiger partial charge in [0.2, 0.25) is 0 Å². The van der Waals surface area contributed by atoms with E-state index in [1.54, 1.807) is 0 Å². The van der Waals surface area contributed by atoms with Gasteiger partial charge in [-0.1, -0.05) is 31.2 Å². The van der Waals surface area contributed by atoms with Gasteiger partial charge in [0.05, 0.1) is 19.8 Å². The molecule has 0 heterocycles. The standard InChI is InChI=1S/C12H22O3/c1-9(2)6-14-8-11(5)12(13)15-7-10(3)4/h11-13H,1,3,6-8H2,2,4-5H3. The molecule has 15 heavy (non-hydrogen) atoms. The monoisotopic (exact) mass is 214 g/mol. The molecule has 0 saturated carbocycles. The van der Waals surface area contributed by atoms with Crippen molar-refractivity contribution in [2.75, 3.05) is 19.8 Å². The largest absolute Gasteiger partial charge is 0.377 e. The summed E-state index contributed by atoms with van der Waals surface area (Å²) in [5, 5.41) is 9.57. The maximum absolute atomic E-state index is 9.57. The van der Waals surface area contributed by atoms with Crippen LogP contribution in [0.2, 0.25) is 0 Å². The van der Waals surface area contributed by atoms with Crippen molar-refractivity contribution >= 4 is 0 Å². The quantitative estimate of drug-likeness (QED) is 0.497. The number of aliphatic hydroxyl groups excluding tert-OH is 1.